The van der Waals surface area contributed by atoms with Gasteiger partial charge in [-0.25, -0.2) is 9.97 Å². The van der Waals surface area contributed by atoms with E-state index in [0.717, 1.165) is 49.1 Å². The van der Waals surface area contributed by atoms with Gasteiger partial charge in [0.2, 0.25) is 0 Å². The lowest BCUT2D eigenvalue weighted by Crippen LogP contribution is -2.26. The molecule has 6 nitrogen and oxygen atoms in total. The van der Waals surface area contributed by atoms with Gasteiger partial charge in [0.05, 0.1) is 11.9 Å². The summed E-state index contributed by atoms with van der Waals surface area (Å²) in [6.45, 7) is 2.21. The lowest BCUT2D eigenvalue weighted by molar-refractivity contribution is 0.313. The van der Waals surface area contributed by atoms with Crippen LogP contribution in [0.4, 0.5) is 11.6 Å². The second-order valence-corrected chi connectivity index (χ2v) is 6.96. The third kappa shape index (κ3) is 4.80. The highest BCUT2D eigenvalue weighted by atomic mass is 15.2. The van der Waals surface area contributed by atoms with Crippen LogP contribution in [-0.4, -0.2) is 45.2 Å². The lowest BCUT2D eigenvalue weighted by atomic mass is 10.0. The van der Waals surface area contributed by atoms with Crippen molar-refractivity contribution >= 4 is 17.7 Å². The maximum Gasteiger partial charge on any atom is 0.135 e. The smallest absolute Gasteiger partial charge is 0.135 e. The maximum absolute atomic E-state index is 4.80. The van der Waals surface area contributed by atoms with E-state index in [1.54, 1.807) is 6.20 Å². The fraction of sp³-hybridized carbons (Fsp3) is 0.286. The Kier molecular flexibility index (Phi) is 5.25. The fourth-order valence-electron chi connectivity index (χ4n) is 3.24. The molecule has 138 valence electrons. The molecule has 4 rings (SSSR count). The van der Waals surface area contributed by atoms with Crippen LogP contribution < -0.4 is 5.32 Å². The van der Waals surface area contributed by atoms with Gasteiger partial charge in [-0.1, -0.05) is 35.9 Å². The van der Waals surface area contributed by atoms with Crippen molar-refractivity contribution in [1.29, 1.82) is 0 Å². The number of hydrogen-bond acceptors (Lipinski definition) is 5. The van der Waals surface area contributed by atoms with E-state index in [0.29, 0.717) is 6.42 Å². The number of anilines is 2. The first-order valence-electron chi connectivity index (χ1n) is 9.31. The molecule has 0 saturated carbocycles. The van der Waals surface area contributed by atoms with Gasteiger partial charge in [-0.3, -0.25) is 5.10 Å². The molecule has 0 atom stereocenters. The second kappa shape index (κ2) is 8.14. The Labute approximate surface area is 159 Å². The van der Waals surface area contributed by atoms with Gasteiger partial charge >= 0.3 is 0 Å². The normalized spacial score (nSPS) is 14.9. The van der Waals surface area contributed by atoms with Crippen molar-refractivity contribution in [2.75, 3.05) is 25.5 Å². The molecule has 0 radical (unpaired) electrons. The van der Waals surface area contributed by atoms with Crippen LogP contribution in [0.15, 0.2) is 54.2 Å². The molecule has 1 aromatic carbocycles. The van der Waals surface area contributed by atoms with Crippen molar-refractivity contribution < 1.29 is 0 Å². The van der Waals surface area contributed by atoms with E-state index in [2.05, 4.69) is 45.7 Å². The molecule has 0 aliphatic carbocycles. The van der Waals surface area contributed by atoms with E-state index in [9.17, 15) is 0 Å². The Morgan fingerprint density at radius 2 is 1.93 bits per heavy atom. The third-order valence-electron chi connectivity index (χ3n) is 4.74. The summed E-state index contributed by atoms with van der Waals surface area (Å²) < 4.78 is 0. The van der Waals surface area contributed by atoms with E-state index >= 15 is 0 Å². The summed E-state index contributed by atoms with van der Waals surface area (Å²) in [5, 5.41) is 10.2. The third-order valence-corrected chi connectivity index (χ3v) is 4.74. The standard InChI is InChI=1S/C21H24N6/c1-27-11-8-17(9-12-27)13-18-15-21(24-19-7-10-22-26-19)25-20(23-18)14-16-5-3-2-4-6-16/h2-7,10,13,15H,8-9,11-12,14H2,1H3,(H2,22,23,24,25,26). The molecule has 0 unspecified atom stereocenters. The topological polar surface area (TPSA) is 69.7 Å². The molecule has 1 aliphatic heterocycles. The highest BCUT2D eigenvalue weighted by Crippen LogP contribution is 2.21. The number of nitrogens with one attached hydrogen (secondary N) is 2. The van der Waals surface area contributed by atoms with E-state index in [4.69, 9.17) is 9.97 Å². The summed E-state index contributed by atoms with van der Waals surface area (Å²) in [6.07, 6.45) is 6.84. The van der Waals surface area contributed by atoms with Gasteiger partial charge in [-0.2, -0.15) is 5.10 Å². The van der Waals surface area contributed by atoms with E-state index in [1.807, 2.05) is 30.3 Å². The van der Waals surface area contributed by atoms with Crippen LogP contribution in [-0.2, 0) is 6.42 Å². The fourth-order valence-corrected chi connectivity index (χ4v) is 3.24. The SMILES string of the molecule is CN1CCC(=Cc2cc(Nc3ccn[nH]3)nc(Cc3ccccc3)n2)CC1. The number of H-pyrrole nitrogens is 1. The predicted molar refractivity (Wildman–Crippen MR) is 108 cm³/mol. The monoisotopic (exact) mass is 360 g/mol. The predicted octanol–water partition coefficient (Wildman–Crippen LogP) is 3.64. The average molecular weight is 360 g/mol. The van der Waals surface area contributed by atoms with Crippen molar-refractivity contribution in [1.82, 2.24) is 25.1 Å². The van der Waals surface area contributed by atoms with Crippen LogP contribution in [0.1, 0.15) is 29.9 Å². The molecular weight excluding hydrogens is 336 g/mol. The average Bonchev–Trinajstić information content (AvgIpc) is 3.17. The summed E-state index contributed by atoms with van der Waals surface area (Å²) >= 11 is 0. The maximum atomic E-state index is 4.80. The molecule has 0 amide bonds. The number of aromatic amines is 1. The first kappa shape index (κ1) is 17.4. The van der Waals surface area contributed by atoms with Crippen LogP contribution in [0.2, 0.25) is 0 Å². The number of benzene rings is 1. The highest BCUT2D eigenvalue weighted by molar-refractivity contribution is 5.58. The molecule has 3 aromatic rings. The quantitative estimate of drug-likeness (QED) is 0.727. The Morgan fingerprint density at radius 1 is 1.11 bits per heavy atom. The first-order valence-corrected chi connectivity index (χ1v) is 9.31. The summed E-state index contributed by atoms with van der Waals surface area (Å²) in [7, 11) is 2.17. The number of piperidine rings is 1. The Balaban J connectivity index is 1.62. The minimum Gasteiger partial charge on any atom is -0.325 e. The largest absolute Gasteiger partial charge is 0.325 e. The van der Waals surface area contributed by atoms with Crippen LogP contribution in [0, 0.1) is 0 Å². The van der Waals surface area contributed by atoms with E-state index in [-0.39, 0.29) is 0 Å². The minimum atomic E-state index is 0.707. The van der Waals surface area contributed by atoms with Crippen molar-refractivity contribution in [3.8, 4) is 0 Å². The van der Waals surface area contributed by atoms with Crippen molar-refractivity contribution in [3.05, 3.63) is 71.3 Å². The molecule has 6 heteroatoms. The van der Waals surface area contributed by atoms with E-state index < -0.39 is 0 Å². The Morgan fingerprint density at radius 3 is 2.67 bits per heavy atom. The van der Waals surface area contributed by atoms with Crippen molar-refractivity contribution in [2.45, 2.75) is 19.3 Å². The molecule has 0 bridgehead atoms. The molecule has 1 aliphatic rings. The zero-order valence-corrected chi connectivity index (χ0v) is 15.5. The molecule has 1 saturated heterocycles. The van der Waals surface area contributed by atoms with Crippen LogP contribution in [0.25, 0.3) is 6.08 Å². The zero-order valence-electron chi connectivity index (χ0n) is 15.5. The molecule has 0 spiro atoms. The molecule has 27 heavy (non-hydrogen) atoms. The van der Waals surface area contributed by atoms with Gasteiger partial charge < -0.3 is 10.2 Å². The van der Waals surface area contributed by atoms with E-state index in [1.165, 1.54) is 11.1 Å². The zero-order chi connectivity index (χ0) is 18.5. The van der Waals surface area contributed by atoms with Crippen molar-refractivity contribution in [2.24, 2.45) is 0 Å². The number of likely N-dealkylation sites (tertiary alicyclic amines) is 1. The molecule has 2 aromatic heterocycles. The van der Waals surface area contributed by atoms with Crippen molar-refractivity contribution in [3.63, 3.8) is 0 Å². The molecule has 3 heterocycles. The van der Waals surface area contributed by atoms with Crippen LogP contribution in [0.5, 0.6) is 0 Å². The van der Waals surface area contributed by atoms with Gasteiger partial charge in [-0.05, 0) is 31.5 Å². The first-order chi connectivity index (χ1) is 13.2. The van der Waals surface area contributed by atoms with Crippen LogP contribution in [0.3, 0.4) is 0 Å². The minimum absolute atomic E-state index is 0.707. The number of rotatable bonds is 5. The van der Waals surface area contributed by atoms with Gasteiger partial charge in [-0.15, -0.1) is 0 Å². The molecule has 1 fully saturated rings. The van der Waals surface area contributed by atoms with Gasteiger partial charge in [0.1, 0.15) is 17.5 Å². The summed E-state index contributed by atoms with van der Waals surface area (Å²) in [4.78, 5) is 11.9. The van der Waals surface area contributed by atoms with Gasteiger partial charge in [0.15, 0.2) is 0 Å². The molecule has 2 N–H and O–H groups in total. The summed E-state index contributed by atoms with van der Waals surface area (Å²) in [6, 6.07) is 14.2. The number of nitrogens with zero attached hydrogens (tertiary/aromatic N) is 4. The number of aromatic nitrogens is 4. The second-order valence-electron chi connectivity index (χ2n) is 6.96. The highest BCUT2D eigenvalue weighted by Gasteiger charge is 2.11. The number of hydrogen-bond donors (Lipinski definition) is 2. The van der Waals surface area contributed by atoms with Crippen LogP contribution >= 0.6 is 0 Å². The molecular formula is C21H24N6. The Hall–Kier alpha value is -2.99. The van der Waals surface area contributed by atoms with Gasteiger partial charge in [0.25, 0.3) is 0 Å². The van der Waals surface area contributed by atoms with Gasteiger partial charge in [0, 0.05) is 31.6 Å². The Bertz CT molecular complexity index is 892. The summed E-state index contributed by atoms with van der Waals surface area (Å²) in [5.41, 5.74) is 3.61. The summed E-state index contributed by atoms with van der Waals surface area (Å²) in [5.74, 6) is 2.41. The lowest BCUT2D eigenvalue weighted by Gasteiger charge is -2.24.